The largest absolute Gasteiger partial charge is 0.435 e. The molecule has 0 saturated carbocycles. The maximum absolute atomic E-state index is 12.1. The summed E-state index contributed by atoms with van der Waals surface area (Å²) in [5.74, 6) is 0.295. The number of hydrogen-bond acceptors (Lipinski definition) is 1. The molecule has 3 heteroatoms. The molecule has 1 atom stereocenters. The topological polar surface area (TPSA) is 9.23 Å². The second-order valence-corrected chi connectivity index (χ2v) is 3.94. The zero-order valence-electron chi connectivity index (χ0n) is 9.67. The molecular formula is C13H17F2O. The van der Waals surface area contributed by atoms with Gasteiger partial charge in [-0.05, 0) is 42.5 Å². The van der Waals surface area contributed by atoms with Gasteiger partial charge in [0.2, 0.25) is 0 Å². The molecular weight excluding hydrogens is 210 g/mol. The first kappa shape index (κ1) is 12.9. The number of ether oxygens (including phenoxy) is 1. The average molecular weight is 227 g/mol. The molecule has 0 heterocycles. The van der Waals surface area contributed by atoms with Crippen LogP contribution in [0.5, 0.6) is 5.75 Å². The predicted octanol–water partition coefficient (Wildman–Crippen LogP) is 4.18. The van der Waals surface area contributed by atoms with Crippen molar-refractivity contribution in [3.63, 3.8) is 0 Å². The minimum atomic E-state index is -2.77. The van der Waals surface area contributed by atoms with Gasteiger partial charge in [0.15, 0.2) is 0 Å². The maximum Gasteiger partial charge on any atom is 0.387 e. The van der Waals surface area contributed by atoms with Crippen molar-refractivity contribution in [1.82, 2.24) is 0 Å². The van der Waals surface area contributed by atoms with Gasteiger partial charge >= 0.3 is 6.61 Å². The van der Waals surface area contributed by atoms with E-state index in [4.69, 9.17) is 0 Å². The highest BCUT2D eigenvalue weighted by Gasteiger charge is 2.09. The Morgan fingerprint density at radius 3 is 2.50 bits per heavy atom. The van der Waals surface area contributed by atoms with Crippen LogP contribution in [0, 0.1) is 6.92 Å². The molecule has 1 nitrogen and oxygen atoms in total. The molecule has 1 rings (SSSR count). The third-order valence-corrected chi connectivity index (χ3v) is 2.32. The molecule has 1 aromatic carbocycles. The normalized spacial score (nSPS) is 11.2. The van der Waals surface area contributed by atoms with Crippen LogP contribution in [0.3, 0.4) is 0 Å². The average Bonchev–Trinajstić information content (AvgIpc) is 2.16. The molecule has 1 unspecified atom stereocenters. The molecule has 0 saturated heterocycles. The molecule has 0 fully saturated rings. The summed E-state index contributed by atoms with van der Waals surface area (Å²) in [5.41, 5.74) is 1.95. The van der Waals surface area contributed by atoms with Gasteiger partial charge in [-0.3, -0.25) is 0 Å². The van der Waals surface area contributed by atoms with E-state index in [2.05, 4.69) is 11.7 Å². The van der Waals surface area contributed by atoms with Crippen molar-refractivity contribution in [2.75, 3.05) is 0 Å². The van der Waals surface area contributed by atoms with Crippen LogP contribution in [0.2, 0.25) is 0 Å². The number of alkyl halides is 2. The van der Waals surface area contributed by atoms with Crippen LogP contribution in [0.4, 0.5) is 8.78 Å². The Hall–Kier alpha value is -1.12. The fourth-order valence-corrected chi connectivity index (χ4v) is 1.57. The van der Waals surface area contributed by atoms with Gasteiger partial charge in [-0.2, -0.15) is 8.78 Å². The number of halogens is 2. The van der Waals surface area contributed by atoms with Gasteiger partial charge in [0.1, 0.15) is 5.75 Å². The molecule has 1 aromatic rings. The fourth-order valence-electron chi connectivity index (χ4n) is 1.57. The predicted molar refractivity (Wildman–Crippen MR) is 60.8 cm³/mol. The van der Waals surface area contributed by atoms with E-state index in [1.165, 1.54) is 0 Å². The number of rotatable bonds is 5. The van der Waals surface area contributed by atoms with Crippen molar-refractivity contribution in [2.24, 2.45) is 0 Å². The molecule has 89 valence electrons. The highest BCUT2D eigenvalue weighted by atomic mass is 19.3. The second kappa shape index (κ2) is 5.83. The quantitative estimate of drug-likeness (QED) is 0.733. The molecule has 0 aliphatic carbocycles. The van der Waals surface area contributed by atoms with Gasteiger partial charge in [0.25, 0.3) is 0 Å². The molecule has 0 aromatic heterocycles. The molecule has 0 aliphatic rings. The van der Waals surface area contributed by atoms with E-state index >= 15 is 0 Å². The van der Waals surface area contributed by atoms with E-state index in [0.29, 0.717) is 0 Å². The van der Waals surface area contributed by atoms with Crippen molar-refractivity contribution in [3.8, 4) is 5.75 Å². The molecule has 0 aliphatic heterocycles. The maximum atomic E-state index is 12.1. The number of hydrogen-bond donors (Lipinski definition) is 0. The van der Waals surface area contributed by atoms with E-state index in [0.717, 1.165) is 24.0 Å². The first-order valence-electron chi connectivity index (χ1n) is 5.44. The lowest BCUT2D eigenvalue weighted by Gasteiger charge is -2.12. The third kappa shape index (κ3) is 3.80. The van der Waals surface area contributed by atoms with Crippen LogP contribution in [-0.4, -0.2) is 6.61 Å². The Labute approximate surface area is 95.4 Å². The van der Waals surface area contributed by atoms with Crippen LogP contribution in [-0.2, 0) is 6.42 Å². The van der Waals surface area contributed by atoms with Crippen molar-refractivity contribution in [2.45, 2.75) is 39.2 Å². The van der Waals surface area contributed by atoms with E-state index < -0.39 is 6.61 Å². The Kier molecular flexibility index (Phi) is 4.71. The van der Waals surface area contributed by atoms with Crippen molar-refractivity contribution < 1.29 is 13.5 Å². The van der Waals surface area contributed by atoms with Gasteiger partial charge < -0.3 is 4.74 Å². The first-order chi connectivity index (χ1) is 7.52. The monoisotopic (exact) mass is 227 g/mol. The molecule has 0 bridgehead atoms. The van der Waals surface area contributed by atoms with E-state index in [1.807, 2.05) is 19.9 Å². The summed E-state index contributed by atoms with van der Waals surface area (Å²) in [4.78, 5) is 0. The van der Waals surface area contributed by atoms with Gasteiger partial charge in [-0.15, -0.1) is 0 Å². The van der Waals surface area contributed by atoms with E-state index in [1.54, 1.807) is 12.1 Å². The van der Waals surface area contributed by atoms with Crippen LogP contribution in [0.1, 0.15) is 37.3 Å². The Morgan fingerprint density at radius 1 is 1.31 bits per heavy atom. The number of aryl methyl sites for hydroxylation is 1. The lowest BCUT2D eigenvalue weighted by molar-refractivity contribution is -0.0499. The van der Waals surface area contributed by atoms with E-state index in [9.17, 15) is 8.78 Å². The zero-order chi connectivity index (χ0) is 12.1. The minimum Gasteiger partial charge on any atom is -0.435 e. The summed E-state index contributed by atoms with van der Waals surface area (Å²) in [7, 11) is 0. The summed E-state index contributed by atoms with van der Waals surface area (Å²) in [6.45, 7) is 5.09. The van der Waals surface area contributed by atoms with Crippen molar-refractivity contribution in [3.05, 3.63) is 36.2 Å². The summed E-state index contributed by atoms with van der Waals surface area (Å²) in [6, 6.07) is 5.30. The minimum absolute atomic E-state index is 0.0665. The highest BCUT2D eigenvalue weighted by Crippen LogP contribution is 2.24. The van der Waals surface area contributed by atoms with E-state index in [-0.39, 0.29) is 11.7 Å². The van der Waals surface area contributed by atoms with Gasteiger partial charge in [-0.1, -0.05) is 26.3 Å². The second-order valence-electron chi connectivity index (χ2n) is 3.94. The van der Waals surface area contributed by atoms with Crippen molar-refractivity contribution >= 4 is 0 Å². The molecule has 0 amide bonds. The Bertz CT molecular complexity index is 335. The SMILES string of the molecule is [CH2]C(C)c1cc(CCC)cc(OC(F)F)c1. The third-order valence-electron chi connectivity index (χ3n) is 2.32. The Morgan fingerprint density at radius 2 is 2.00 bits per heavy atom. The molecule has 0 spiro atoms. The van der Waals surface area contributed by atoms with Crippen LogP contribution >= 0.6 is 0 Å². The number of benzene rings is 1. The van der Waals surface area contributed by atoms with Crippen LogP contribution < -0.4 is 4.74 Å². The smallest absolute Gasteiger partial charge is 0.387 e. The molecule has 0 N–H and O–H groups in total. The fraction of sp³-hybridized carbons (Fsp3) is 0.462. The summed E-state index contributed by atoms with van der Waals surface area (Å²) in [6.07, 6.45) is 1.84. The highest BCUT2D eigenvalue weighted by molar-refractivity contribution is 5.36. The van der Waals surface area contributed by atoms with Gasteiger partial charge in [0.05, 0.1) is 0 Å². The molecule has 16 heavy (non-hydrogen) atoms. The first-order valence-corrected chi connectivity index (χ1v) is 5.44. The lowest BCUT2D eigenvalue weighted by atomic mass is 9.98. The van der Waals surface area contributed by atoms with Crippen molar-refractivity contribution in [1.29, 1.82) is 0 Å². The Balaban J connectivity index is 2.98. The summed E-state index contributed by atoms with van der Waals surface area (Å²) in [5, 5.41) is 0. The van der Waals surface area contributed by atoms with Gasteiger partial charge in [0, 0.05) is 0 Å². The summed E-state index contributed by atoms with van der Waals surface area (Å²) >= 11 is 0. The van der Waals surface area contributed by atoms with Crippen LogP contribution in [0.15, 0.2) is 18.2 Å². The molecule has 1 radical (unpaired) electrons. The van der Waals surface area contributed by atoms with Gasteiger partial charge in [-0.25, -0.2) is 0 Å². The zero-order valence-corrected chi connectivity index (χ0v) is 9.67. The standard InChI is InChI=1S/C13H17F2O/c1-4-5-10-6-11(9(2)3)8-12(7-10)16-13(14)15/h6-9,13H,2,4-5H2,1,3H3. The lowest BCUT2D eigenvalue weighted by Crippen LogP contribution is -2.03. The van der Waals surface area contributed by atoms with Crippen LogP contribution in [0.25, 0.3) is 0 Å². The summed E-state index contributed by atoms with van der Waals surface area (Å²) < 4.78 is 28.7.